The van der Waals surface area contributed by atoms with Gasteiger partial charge in [0.05, 0.1) is 18.1 Å². The molecule has 0 saturated heterocycles. The molecule has 6 nitrogen and oxygen atoms in total. The zero-order valence-electron chi connectivity index (χ0n) is 14.5. The Morgan fingerprint density at radius 2 is 1.79 bits per heavy atom. The molecule has 1 aromatic carbocycles. The van der Waals surface area contributed by atoms with Crippen molar-refractivity contribution in [1.29, 1.82) is 0 Å². The third kappa shape index (κ3) is 3.87. The van der Waals surface area contributed by atoms with Gasteiger partial charge in [0.25, 0.3) is 0 Å². The molecule has 0 saturated carbocycles. The molecule has 2 aromatic heterocycles. The van der Waals surface area contributed by atoms with Crippen molar-refractivity contribution in [3.05, 3.63) is 53.3 Å². The standard InChI is InChI=1S/C17H13F5N4O2/c1-7-11-3-9(18)4-12(19)14(11)28-13(7)15(17(20,21)22)26-16(27)25-10-5-23-8(2)24-6-10/h3-6,15H,1-2H3,(H2,25,26,27)/t15-/m1/s1. The molecule has 2 N–H and O–H groups in total. The summed E-state index contributed by atoms with van der Waals surface area (Å²) >= 11 is 0. The number of hydrogen-bond acceptors (Lipinski definition) is 4. The van der Waals surface area contributed by atoms with Crippen LogP contribution in [0.5, 0.6) is 0 Å². The second-order valence-electron chi connectivity index (χ2n) is 5.95. The lowest BCUT2D eigenvalue weighted by Gasteiger charge is -2.20. The molecule has 148 valence electrons. The molecule has 2 heterocycles. The van der Waals surface area contributed by atoms with Crippen LogP contribution in [-0.4, -0.2) is 22.2 Å². The molecule has 0 fully saturated rings. The number of fused-ring (bicyclic) bond motifs is 1. The van der Waals surface area contributed by atoms with Gasteiger partial charge < -0.3 is 15.1 Å². The Labute approximate surface area is 154 Å². The summed E-state index contributed by atoms with van der Waals surface area (Å²) in [6.07, 6.45) is -2.53. The first kappa shape index (κ1) is 19.5. The van der Waals surface area contributed by atoms with Gasteiger partial charge in [0.1, 0.15) is 17.4 Å². The third-order valence-electron chi connectivity index (χ3n) is 3.90. The van der Waals surface area contributed by atoms with Crippen molar-refractivity contribution in [2.45, 2.75) is 26.1 Å². The highest BCUT2D eigenvalue weighted by Crippen LogP contribution is 2.39. The van der Waals surface area contributed by atoms with Gasteiger partial charge in [-0.15, -0.1) is 0 Å². The molecule has 3 aromatic rings. The van der Waals surface area contributed by atoms with Crippen LogP contribution in [0.4, 0.5) is 32.4 Å². The fourth-order valence-electron chi connectivity index (χ4n) is 2.59. The van der Waals surface area contributed by atoms with Gasteiger partial charge in [0.2, 0.25) is 0 Å². The highest BCUT2D eigenvalue weighted by molar-refractivity contribution is 5.89. The van der Waals surface area contributed by atoms with Crippen molar-refractivity contribution in [3.63, 3.8) is 0 Å². The maximum absolute atomic E-state index is 13.9. The lowest BCUT2D eigenvalue weighted by molar-refractivity contribution is -0.158. The van der Waals surface area contributed by atoms with E-state index in [0.29, 0.717) is 11.9 Å². The van der Waals surface area contributed by atoms with Crippen molar-refractivity contribution in [3.8, 4) is 0 Å². The van der Waals surface area contributed by atoms with Crippen molar-refractivity contribution < 1.29 is 31.2 Å². The number of carbonyl (C=O) groups is 1. The molecule has 0 unspecified atom stereocenters. The summed E-state index contributed by atoms with van der Waals surface area (Å²) in [5.74, 6) is -2.45. The van der Waals surface area contributed by atoms with Crippen LogP contribution in [0.1, 0.15) is 23.2 Å². The number of benzene rings is 1. The number of anilines is 1. The number of aromatic nitrogens is 2. The SMILES string of the molecule is Cc1ncc(NC(=O)N[C@H](c2oc3c(F)cc(F)cc3c2C)C(F)(F)F)cn1. The predicted octanol–water partition coefficient (Wildman–Crippen LogP) is 4.54. The molecular formula is C17H13F5N4O2. The van der Waals surface area contributed by atoms with Crippen LogP contribution in [0.3, 0.4) is 0 Å². The van der Waals surface area contributed by atoms with Crippen molar-refractivity contribution in [2.75, 3.05) is 5.32 Å². The number of carbonyl (C=O) groups excluding carboxylic acids is 1. The van der Waals surface area contributed by atoms with Crippen LogP contribution in [0, 0.1) is 25.5 Å². The van der Waals surface area contributed by atoms with E-state index < -0.39 is 41.2 Å². The minimum absolute atomic E-state index is 0.0680. The van der Waals surface area contributed by atoms with Crippen LogP contribution >= 0.6 is 0 Å². The molecule has 0 radical (unpaired) electrons. The molecule has 0 aliphatic heterocycles. The number of alkyl halides is 3. The Morgan fingerprint density at radius 3 is 2.39 bits per heavy atom. The van der Waals surface area contributed by atoms with Crippen LogP contribution in [-0.2, 0) is 0 Å². The first-order valence-electron chi connectivity index (χ1n) is 7.87. The maximum Gasteiger partial charge on any atom is 0.416 e. The number of urea groups is 1. The number of nitrogens with zero attached hydrogens (tertiary/aromatic N) is 2. The van der Waals surface area contributed by atoms with E-state index in [4.69, 9.17) is 4.42 Å². The number of nitrogens with one attached hydrogen (secondary N) is 2. The molecule has 28 heavy (non-hydrogen) atoms. The lowest BCUT2D eigenvalue weighted by atomic mass is 10.1. The van der Waals surface area contributed by atoms with Crippen molar-refractivity contribution in [2.24, 2.45) is 0 Å². The predicted molar refractivity (Wildman–Crippen MR) is 88.6 cm³/mol. The number of furan rings is 1. The van der Waals surface area contributed by atoms with Crippen LogP contribution in [0.2, 0.25) is 0 Å². The summed E-state index contributed by atoms with van der Waals surface area (Å²) < 4.78 is 72.9. The van der Waals surface area contributed by atoms with Gasteiger partial charge in [-0.2, -0.15) is 13.2 Å². The molecule has 2 amide bonds. The summed E-state index contributed by atoms with van der Waals surface area (Å²) in [4.78, 5) is 19.6. The minimum atomic E-state index is -4.96. The molecule has 0 spiro atoms. The van der Waals surface area contributed by atoms with E-state index in [-0.39, 0.29) is 16.6 Å². The summed E-state index contributed by atoms with van der Waals surface area (Å²) in [5.41, 5.74) is -0.606. The largest absolute Gasteiger partial charge is 0.455 e. The Hall–Kier alpha value is -3.24. The molecule has 0 aliphatic rings. The quantitative estimate of drug-likeness (QED) is 0.633. The molecule has 3 rings (SSSR count). The minimum Gasteiger partial charge on any atom is -0.455 e. The topological polar surface area (TPSA) is 80.0 Å². The van der Waals surface area contributed by atoms with Gasteiger partial charge in [-0.25, -0.2) is 23.5 Å². The monoisotopic (exact) mass is 400 g/mol. The lowest BCUT2D eigenvalue weighted by Crippen LogP contribution is -2.40. The van der Waals surface area contributed by atoms with E-state index >= 15 is 0 Å². The first-order chi connectivity index (χ1) is 13.1. The van der Waals surface area contributed by atoms with Gasteiger partial charge in [-0.1, -0.05) is 0 Å². The van der Waals surface area contributed by atoms with Gasteiger partial charge in [-0.3, -0.25) is 0 Å². The first-order valence-corrected chi connectivity index (χ1v) is 7.87. The average molecular weight is 400 g/mol. The van der Waals surface area contributed by atoms with E-state index in [2.05, 4.69) is 15.3 Å². The van der Waals surface area contributed by atoms with E-state index in [1.807, 2.05) is 0 Å². The fraction of sp³-hybridized carbons (Fsp3) is 0.235. The number of halogens is 5. The zero-order valence-corrected chi connectivity index (χ0v) is 14.5. The van der Waals surface area contributed by atoms with E-state index in [1.54, 1.807) is 12.2 Å². The van der Waals surface area contributed by atoms with E-state index in [1.165, 1.54) is 19.3 Å². The maximum atomic E-state index is 13.9. The summed E-state index contributed by atoms with van der Waals surface area (Å²) in [6.45, 7) is 2.81. The van der Waals surface area contributed by atoms with Crippen LogP contribution < -0.4 is 10.6 Å². The normalized spacial score (nSPS) is 12.8. The van der Waals surface area contributed by atoms with Crippen LogP contribution in [0.15, 0.2) is 28.9 Å². The van der Waals surface area contributed by atoms with E-state index in [9.17, 15) is 26.7 Å². The second-order valence-corrected chi connectivity index (χ2v) is 5.95. The van der Waals surface area contributed by atoms with E-state index in [0.717, 1.165) is 6.07 Å². The Kier molecular flexibility index (Phi) is 4.92. The molecule has 1 atom stereocenters. The Balaban J connectivity index is 1.94. The average Bonchev–Trinajstić information content (AvgIpc) is 2.91. The third-order valence-corrected chi connectivity index (χ3v) is 3.90. The van der Waals surface area contributed by atoms with Crippen molar-refractivity contribution >= 4 is 22.7 Å². The molecule has 0 bridgehead atoms. The van der Waals surface area contributed by atoms with Crippen molar-refractivity contribution in [1.82, 2.24) is 15.3 Å². The van der Waals surface area contributed by atoms with Gasteiger partial charge in [-0.05, 0) is 19.9 Å². The Bertz CT molecular complexity index is 1030. The number of aryl methyl sites for hydroxylation is 2. The number of amides is 2. The Morgan fingerprint density at radius 1 is 1.14 bits per heavy atom. The summed E-state index contributed by atoms with van der Waals surface area (Å²) in [6, 6.07) is -2.44. The highest BCUT2D eigenvalue weighted by atomic mass is 19.4. The van der Waals surface area contributed by atoms with Crippen LogP contribution in [0.25, 0.3) is 11.0 Å². The fourth-order valence-corrected chi connectivity index (χ4v) is 2.59. The molecule has 0 aliphatic carbocycles. The summed E-state index contributed by atoms with van der Waals surface area (Å²) in [5, 5.41) is 3.74. The smallest absolute Gasteiger partial charge is 0.416 e. The number of hydrogen-bond donors (Lipinski definition) is 2. The second kappa shape index (κ2) is 7.06. The van der Waals surface area contributed by atoms with Gasteiger partial charge >= 0.3 is 12.2 Å². The summed E-state index contributed by atoms with van der Waals surface area (Å²) in [7, 11) is 0. The van der Waals surface area contributed by atoms with Gasteiger partial charge in [0.15, 0.2) is 17.4 Å². The molecule has 11 heteroatoms. The highest BCUT2D eigenvalue weighted by Gasteiger charge is 2.45. The number of rotatable bonds is 3. The zero-order chi connectivity index (χ0) is 20.6. The molecular weight excluding hydrogens is 387 g/mol. The van der Waals surface area contributed by atoms with Gasteiger partial charge in [0, 0.05) is 17.0 Å².